The fourth-order valence-corrected chi connectivity index (χ4v) is 1.04. The molecule has 0 aromatic rings. The molecule has 0 fully saturated rings. The summed E-state index contributed by atoms with van der Waals surface area (Å²) in [6.07, 6.45) is 3.12. The zero-order chi connectivity index (χ0) is 13.1. The summed E-state index contributed by atoms with van der Waals surface area (Å²) in [6.45, 7) is 5.21. The van der Waals surface area contributed by atoms with Crippen molar-refractivity contribution in [3.63, 3.8) is 0 Å². The van der Waals surface area contributed by atoms with Crippen LogP contribution in [0.25, 0.3) is 0 Å². The Hall–Kier alpha value is -1.54. The molecule has 0 radical (unpaired) electrons. The van der Waals surface area contributed by atoms with Crippen LogP contribution in [0.2, 0.25) is 0 Å². The minimum Gasteiger partial charge on any atom is -0.390 e. The molecule has 17 heavy (non-hydrogen) atoms. The first kappa shape index (κ1) is 15.5. The molecule has 5 nitrogen and oxygen atoms in total. The van der Waals surface area contributed by atoms with Crippen molar-refractivity contribution in [2.75, 3.05) is 20.3 Å². The Balaban J connectivity index is 4.08. The van der Waals surface area contributed by atoms with Crippen molar-refractivity contribution in [3.8, 4) is 6.07 Å². The summed E-state index contributed by atoms with van der Waals surface area (Å²) < 4.78 is 4.88. The molecule has 0 aliphatic heterocycles. The molecule has 0 aromatic heterocycles. The van der Waals surface area contributed by atoms with Gasteiger partial charge in [0.05, 0.1) is 0 Å². The molecule has 0 aliphatic carbocycles. The van der Waals surface area contributed by atoms with Gasteiger partial charge in [0.15, 0.2) is 0 Å². The molecule has 0 heterocycles. The molecule has 0 bridgehead atoms. The second-order valence-corrected chi connectivity index (χ2v) is 3.75. The van der Waals surface area contributed by atoms with Gasteiger partial charge in [-0.15, -0.1) is 0 Å². The molecule has 0 aromatic carbocycles. The van der Waals surface area contributed by atoms with Gasteiger partial charge < -0.3 is 15.4 Å². The number of rotatable bonds is 8. The fraction of sp³-hybridized carbons (Fsp3) is 0.667. The highest BCUT2D eigenvalue weighted by atomic mass is 16.5. The van der Waals surface area contributed by atoms with Crippen LogP contribution in [0.15, 0.2) is 11.8 Å². The number of hydrogen-bond acceptors (Lipinski definition) is 4. The number of nitriles is 1. The van der Waals surface area contributed by atoms with Crippen LogP contribution < -0.4 is 10.6 Å². The first-order valence-electron chi connectivity index (χ1n) is 5.79. The van der Waals surface area contributed by atoms with Gasteiger partial charge >= 0.3 is 0 Å². The molecule has 2 N–H and O–H groups in total. The fourth-order valence-electron chi connectivity index (χ4n) is 1.04. The summed E-state index contributed by atoms with van der Waals surface area (Å²) >= 11 is 0. The van der Waals surface area contributed by atoms with Gasteiger partial charge in [0.2, 0.25) is 0 Å². The molecular formula is C12H21N3O2. The summed E-state index contributed by atoms with van der Waals surface area (Å²) in [7, 11) is 1.64. The van der Waals surface area contributed by atoms with Crippen molar-refractivity contribution in [1.82, 2.24) is 10.6 Å². The molecule has 1 amide bonds. The average Bonchev–Trinajstić information content (AvgIpc) is 2.33. The van der Waals surface area contributed by atoms with Gasteiger partial charge in [0, 0.05) is 32.5 Å². The quantitative estimate of drug-likeness (QED) is 0.375. The van der Waals surface area contributed by atoms with Crippen LogP contribution in [-0.4, -0.2) is 32.2 Å². The number of hydrogen-bond donors (Lipinski definition) is 2. The van der Waals surface area contributed by atoms with Crippen molar-refractivity contribution in [2.45, 2.75) is 32.7 Å². The van der Waals surface area contributed by atoms with E-state index in [-0.39, 0.29) is 17.5 Å². The predicted molar refractivity (Wildman–Crippen MR) is 66.1 cm³/mol. The van der Waals surface area contributed by atoms with Crippen LogP contribution in [0.4, 0.5) is 0 Å². The zero-order valence-corrected chi connectivity index (χ0v) is 10.7. The highest BCUT2D eigenvalue weighted by Gasteiger charge is 2.10. The van der Waals surface area contributed by atoms with E-state index in [1.165, 1.54) is 6.20 Å². The topological polar surface area (TPSA) is 74.2 Å². The Morgan fingerprint density at radius 1 is 1.59 bits per heavy atom. The lowest BCUT2D eigenvalue weighted by molar-refractivity contribution is -0.117. The van der Waals surface area contributed by atoms with Crippen LogP contribution in [0.5, 0.6) is 0 Å². The number of carbonyl (C=O) groups is 1. The van der Waals surface area contributed by atoms with Gasteiger partial charge in [0.1, 0.15) is 11.6 Å². The van der Waals surface area contributed by atoms with Crippen LogP contribution in [-0.2, 0) is 9.53 Å². The molecule has 5 heteroatoms. The smallest absolute Gasteiger partial charge is 0.263 e. The average molecular weight is 239 g/mol. The Morgan fingerprint density at radius 2 is 2.29 bits per heavy atom. The van der Waals surface area contributed by atoms with Gasteiger partial charge in [-0.2, -0.15) is 5.26 Å². The van der Waals surface area contributed by atoms with Gasteiger partial charge in [-0.3, -0.25) is 4.79 Å². The monoisotopic (exact) mass is 239 g/mol. The van der Waals surface area contributed by atoms with Crippen LogP contribution >= 0.6 is 0 Å². The number of ether oxygens (including phenoxy) is 1. The van der Waals surface area contributed by atoms with Crippen LogP contribution in [0.1, 0.15) is 26.7 Å². The largest absolute Gasteiger partial charge is 0.390 e. The maximum Gasteiger partial charge on any atom is 0.263 e. The van der Waals surface area contributed by atoms with Crippen LogP contribution in [0.3, 0.4) is 0 Å². The SMILES string of the molecule is CCC(C)NC(=O)/C(C#N)=C\NCCCOC. The van der Waals surface area contributed by atoms with Crippen molar-refractivity contribution >= 4 is 5.91 Å². The predicted octanol–water partition coefficient (Wildman–Crippen LogP) is 0.935. The van der Waals surface area contributed by atoms with E-state index in [1.54, 1.807) is 7.11 Å². The second-order valence-electron chi connectivity index (χ2n) is 3.75. The number of methoxy groups -OCH3 is 1. The molecule has 0 spiro atoms. The molecule has 0 aliphatic rings. The van der Waals surface area contributed by atoms with Crippen molar-refractivity contribution in [3.05, 3.63) is 11.8 Å². The maximum absolute atomic E-state index is 11.6. The number of nitrogens with zero attached hydrogens (tertiary/aromatic N) is 1. The second kappa shape index (κ2) is 9.67. The van der Waals surface area contributed by atoms with Crippen molar-refractivity contribution < 1.29 is 9.53 Å². The highest BCUT2D eigenvalue weighted by Crippen LogP contribution is 1.95. The summed E-state index contributed by atoms with van der Waals surface area (Å²) in [6, 6.07) is 1.95. The highest BCUT2D eigenvalue weighted by molar-refractivity contribution is 5.97. The summed E-state index contributed by atoms with van der Waals surface area (Å²) in [5.41, 5.74) is 0.0997. The Bertz CT molecular complexity index is 295. The Morgan fingerprint density at radius 3 is 2.82 bits per heavy atom. The normalized spacial score (nSPS) is 12.7. The van der Waals surface area contributed by atoms with E-state index < -0.39 is 0 Å². The van der Waals surface area contributed by atoms with Crippen molar-refractivity contribution in [1.29, 1.82) is 5.26 Å². The zero-order valence-electron chi connectivity index (χ0n) is 10.7. The molecule has 96 valence electrons. The number of carbonyl (C=O) groups excluding carboxylic acids is 1. The van der Waals surface area contributed by atoms with E-state index in [0.717, 1.165) is 12.8 Å². The van der Waals surface area contributed by atoms with E-state index in [1.807, 2.05) is 19.9 Å². The van der Waals surface area contributed by atoms with Crippen LogP contribution in [0, 0.1) is 11.3 Å². The summed E-state index contributed by atoms with van der Waals surface area (Å²) in [4.78, 5) is 11.6. The first-order valence-corrected chi connectivity index (χ1v) is 5.79. The van der Waals surface area contributed by atoms with Gasteiger partial charge in [0.25, 0.3) is 5.91 Å². The molecule has 0 saturated heterocycles. The van der Waals surface area contributed by atoms with E-state index in [9.17, 15) is 4.79 Å². The standard InChI is InChI=1S/C12H21N3O2/c1-4-10(2)15-12(16)11(8-13)9-14-6-5-7-17-3/h9-10,14H,4-7H2,1-3H3,(H,15,16)/b11-9-. The molecular weight excluding hydrogens is 218 g/mol. The van der Waals surface area contributed by atoms with E-state index in [0.29, 0.717) is 13.2 Å². The minimum absolute atomic E-state index is 0.0766. The first-order chi connectivity index (χ1) is 8.15. The Labute approximate surface area is 103 Å². The maximum atomic E-state index is 11.6. The van der Waals surface area contributed by atoms with Gasteiger partial charge in [-0.05, 0) is 19.8 Å². The minimum atomic E-state index is -0.332. The van der Waals surface area contributed by atoms with Gasteiger partial charge in [-0.25, -0.2) is 0 Å². The third kappa shape index (κ3) is 7.36. The van der Waals surface area contributed by atoms with E-state index in [4.69, 9.17) is 10.00 Å². The summed E-state index contributed by atoms with van der Waals surface area (Å²) in [5, 5.41) is 14.5. The lowest BCUT2D eigenvalue weighted by Gasteiger charge is -2.10. The van der Waals surface area contributed by atoms with Crippen molar-refractivity contribution in [2.24, 2.45) is 0 Å². The molecule has 1 unspecified atom stereocenters. The lowest BCUT2D eigenvalue weighted by atomic mass is 10.2. The summed E-state index contributed by atoms with van der Waals surface area (Å²) in [5.74, 6) is -0.332. The molecule has 0 saturated carbocycles. The Kier molecular flexibility index (Phi) is 8.79. The van der Waals surface area contributed by atoms with Gasteiger partial charge in [-0.1, -0.05) is 6.92 Å². The molecule has 0 rings (SSSR count). The number of amides is 1. The number of nitrogens with one attached hydrogen (secondary N) is 2. The molecule has 1 atom stereocenters. The lowest BCUT2D eigenvalue weighted by Crippen LogP contribution is -2.33. The van der Waals surface area contributed by atoms with E-state index >= 15 is 0 Å². The van der Waals surface area contributed by atoms with E-state index in [2.05, 4.69) is 10.6 Å². The third-order valence-corrected chi connectivity index (χ3v) is 2.27. The third-order valence-electron chi connectivity index (χ3n) is 2.27.